The quantitative estimate of drug-likeness (QED) is 0.629. The molecule has 0 bridgehead atoms. The summed E-state index contributed by atoms with van der Waals surface area (Å²) in [6.45, 7) is 3.76. The lowest BCUT2D eigenvalue weighted by atomic mass is 10.1. The molecule has 0 saturated heterocycles. The van der Waals surface area contributed by atoms with Crippen LogP contribution in [0, 0.1) is 10.1 Å². The molecule has 1 aromatic carbocycles. The molecule has 7 nitrogen and oxygen atoms in total. The number of non-ortho nitro benzene ring substituents is 1. The number of rotatable bonds is 6. The van der Waals surface area contributed by atoms with E-state index >= 15 is 0 Å². The van der Waals surface area contributed by atoms with E-state index in [0.717, 1.165) is 18.6 Å². The van der Waals surface area contributed by atoms with Gasteiger partial charge in [-0.1, -0.05) is 12.1 Å². The molecule has 1 aliphatic carbocycles. The van der Waals surface area contributed by atoms with E-state index in [4.69, 9.17) is 4.42 Å². The Hall–Kier alpha value is -2.83. The minimum Gasteiger partial charge on any atom is -0.467 e. The van der Waals surface area contributed by atoms with Gasteiger partial charge >= 0.3 is 6.03 Å². The van der Waals surface area contributed by atoms with Gasteiger partial charge in [-0.15, -0.1) is 0 Å². The van der Waals surface area contributed by atoms with Gasteiger partial charge in [0.05, 0.1) is 23.3 Å². The van der Waals surface area contributed by atoms with Gasteiger partial charge in [0, 0.05) is 18.2 Å². The van der Waals surface area contributed by atoms with E-state index < -0.39 is 4.92 Å². The molecule has 2 aromatic rings. The molecule has 25 heavy (non-hydrogen) atoms. The molecule has 0 unspecified atom stereocenters. The second-order valence-electron chi connectivity index (χ2n) is 6.35. The number of carbonyl (C=O) groups is 1. The van der Waals surface area contributed by atoms with Gasteiger partial charge in [0.25, 0.3) is 5.69 Å². The average Bonchev–Trinajstić information content (AvgIpc) is 3.26. The van der Waals surface area contributed by atoms with Crippen LogP contribution in [0.5, 0.6) is 0 Å². The molecule has 0 aliphatic heterocycles. The molecule has 1 aromatic heterocycles. The molecule has 1 fully saturated rings. The number of urea groups is 1. The van der Waals surface area contributed by atoms with Crippen molar-refractivity contribution in [2.75, 3.05) is 0 Å². The molecule has 1 saturated carbocycles. The smallest absolute Gasteiger partial charge is 0.318 e. The normalized spacial score (nSPS) is 16.1. The first-order valence-electron chi connectivity index (χ1n) is 8.34. The molecule has 3 rings (SSSR count). The fraction of sp³-hybridized carbons (Fsp3) is 0.389. The maximum atomic E-state index is 12.8. The molecular formula is C18H21N3O4. The monoisotopic (exact) mass is 343 g/mol. The van der Waals surface area contributed by atoms with Crippen LogP contribution in [0.1, 0.15) is 50.1 Å². The van der Waals surface area contributed by atoms with E-state index in [9.17, 15) is 14.9 Å². The van der Waals surface area contributed by atoms with Gasteiger partial charge in [-0.25, -0.2) is 4.79 Å². The van der Waals surface area contributed by atoms with Crippen LogP contribution in [0.25, 0.3) is 0 Å². The zero-order valence-corrected chi connectivity index (χ0v) is 14.2. The van der Waals surface area contributed by atoms with Crippen LogP contribution in [0.4, 0.5) is 10.5 Å². The highest BCUT2D eigenvalue weighted by atomic mass is 16.6. The molecule has 7 heteroatoms. The van der Waals surface area contributed by atoms with Crippen molar-refractivity contribution in [2.24, 2.45) is 0 Å². The number of hydrogen-bond acceptors (Lipinski definition) is 4. The Morgan fingerprint density at radius 2 is 2.08 bits per heavy atom. The van der Waals surface area contributed by atoms with Gasteiger partial charge < -0.3 is 14.6 Å². The maximum absolute atomic E-state index is 12.8. The third-order valence-electron chi connectivity index (χ3n) is 4.47. The molecule has 2 amide bonds. The number of nitrogens with zero attached hydrogens (tertiary/aromatic N) is 2. The summed E-state index contributed by atoms with van der Waals surface area (Å²) in [7, 11) is 0. The van der Waals surface area contributed by atoms with Crippen molar-refractivity contribution in [1.29, 1.82) is 0 Å². The molecule has 2 atom stereocenters. The highest BCUT2D eigenvalue weighted by Gasteiger charge is 2.37. The highest BCUT2D eigenvalue weighted by Crippen LogP contribution is 2.35. The number of furan rings is 1. The van der Waals surface area contributed by atoms with Gasteiger partial charge in [0.2, 0.25) is 0 Å². The van der Waals surface area contributed by atoms with Gasteiger partial charge in [0.15, 0.2) is 0 Å². The largest absolute Gasteiger partial charge is 0.467 e. The Morgan fingerprint density at radius 3 is 2.68 bits per heavy atom. The second-order valence-corrected chi connectivity index (χ2v) is 6.35. The van der Waals surface area contributed by atoms with Crippen LogP contribution >= 0.6 is 0 Å². The molecule has 0 radical (unpaired) electrons. The minimum absolute atomic E-state index is 0.0154. The van der Waals surface area contributed by atoms with Gasteiger partial charge in [0.1, 0.15) is 5.76 Å². The van der Waals surface area contributed by atoms with E-state index in [-0.39, 0.29) is 29.8 Å². The van der Waals surface area contributed by atoms with Crippen LogP contribution in [-0.2, 0) is 0 Å². The summed E-state index contributed by atoms with van der Waals surface area (Å²) in [6, 6.07) is 9.50. The van der Waals surface area contributed by atoms with E-state index in [0.29, 0.717) is 5.56 Å². The van der Waals surface area contributed by atoms with Gasteiger partial charge in [-0.3, -0.25) is 10.1 Å². The number of nitro groups is 1. The Kier molecular flexibility index (Phi) is 4.74. The molecule has 1 heterocycles. The fourth-order valence-electron chi connectivity index (χ4n) is 2.93. The summed E-state index contributed by atoms with van der Waals surface area (Å²) in [5.41, 5.74) is 0.713. The maximum Gasteiger partial charge on any atom is 0.318 e. The average molecular weight is 343 g/mol. The predicted molar refractivity (Wildman–Crippen MR) is 92.0 cm³/mol. The van der Waals surface area contributed by atoms with Crippen molar-refractivity contribution in [2.45, 2.75) is 44.8 Å². The number of nitrogens with one attached hydrogen (secondary N) is 1. The first-order valence-corrected chi connectivity index (χ1v) is 8.34. The summed E-state index contributed by atoms with van der Waals surface area (Å²) >= 11 is 0. The third-order valence-corrected chi connectivity index (χ3v) is 4.47. The van der Waals surface area contributed by atoms with Crippen molar-refractivity contribution in [3.63, 3.8) is 0 Å². The zero-order valence-electron chi connectivity index (χ0n) is 14.2. The predicted octanol–water partition coefficient (Wildman–Crippen LogP) is 4.18. The van der Waals surface area contributed by atoms with Crippen LogP contribution < -0.4 is 5.32 Å². The van der Waals surface area contributed by atoms with Crippen molar-refractivity contribution in [3.05, 3.63) is 64.1 Å². The summed E-state index contributed by atoms with van der Waals surface area (Å²) in [5.74, 6) is 0.741. The third kappa shape index (κ3) is 3.81. The lowest BCUT2D eigenvalue weighted by molar-refractivity contribution is -0.384. The van der Waals surface area contributed by atoms with Crippen molar-refractivity contribution < 1.29 is 14.1 Å². The molecule has 1 N–H and O–H groups in total. The molecule has 1 aliphatic rings. The van der Waals surface area contributed by atoms with E-state index in [1.54, 1.807) is 29.4 Å². The molecule has 0 spiro atoms. The van der Waals surface area contributed by atoms with E-state index in [2.05, 4.69) is 5.32 Å². The zero-order chi connectivity index (χ0) is 18.0. The number of nitro benzene ring substituents is 1. The fourth-order valence-corrected chi connectivity index (χ4v) is 2.93. The first kappa shape index (κ1) is 17.0. The highest BCUT2D eigenvalue weighted by molar-refractivity contribution is 5.76. The van der Waals surface area contributed by atoms with Crippen LogP contribution in [0.2, 0.25) is 0 Å². The topological polar surface area (TPSA) is 88.6 Å². The number of carbonyl (C=O) groups excluding carboxylic acids is 1. The summed E-state index contributed by atoms with van der Waals surface area (Å²) in [5, 5.41) is 13.9. The standard InChI is InChI=1S/C18H21N3O4/c1-12(14-5-3-6-16(11-14)21(23)24)19-18(22)20(15-8-9-15)13(2)17-7-4-10-25-17/h3-7,10-13,15H,8-9H2,1-2H3,(H,19,22)/t12-,13+/m0/s1. The van der Waals surface area contributed by atoms with Crippen LogP contribution in [0.3, 0.4) is 0 Å². The van der Waals surface area contributed by atoms with Crippen LogP contribution in [0.15, 0.2) is 47.1 Å². The lowest BCUT2D eigenvalue weighted by Gasteiger charge is -2.29. The lowest BCUT2D eigenvalue weighted by Crippen LogP contribution is -2.43. The summed E-state index contributed by atoms with van der Waals surface area (Å²) < 4.78 is 5.44. The van der Waals surface area contributed by atoms with Crippen LogP contribution in [-0.4, -0.2) is 21.9 Å². The second kappa shape index (κ2) is 6.96. The SMILES string of the molecule is C[C@H](NC(=O)N(C1CC1)[C@H](C)c1ccco1)c1cccc([N+](=O)[O-])c1. The Labute approximate surface area is 145 Å². The Morgan fingerprint density at radius 1 is 1.32 bits per heavy atom. The number of amides is 2. The van der Waals surface area contributed by atoms with Gasteiger partial charge in [-0.2, -0.15) is 0 Å². The van der Waals surface area contributed by atoms with Gasteiger partial charge in [-0.05, 0) is 44.4 Å². The van der Waals surface area contributed by atoms with Crippen molar-refractivity contribution in [1.82, 2.24) is 10.2 Å². The summed E-state index contributed by atoms with van der Waals surface area (Å²) in [6.07, 6.45) is 3.55. The molecular weight excluding hydrogens is 322 g/mol. The Bertz CT molecular complexity index is 755. The summed E-state index contributed by atoms with van der Waals surface area (Å²) in [4.78, 5) is 25.1. The minimum atomic E-state index is -0.437. The van der Waals surface area contributed by atoms with E-state index in [1.165, 1.54) is 12.1 Å². The van der Waals surface area contributed by atoms with Crippen molar-refractivity contribution in [3.8, 4) is 0 Å². The first-order chi connectivity index (χ1) is 12.0. The van der Waals surface area contributed by atoms with E-state index in [1.807, 2.05) is 19.9 Å². The number of hydrogen-bond donors (Lipinski definition) is 1. The van der Waals surface area contributed by atoms with Crippen molar-refractivity contribution >= 4 is 11.7 Å². The molecule has 132 valence electrons. The Balaban J connectivity index is 1.73. The number of benzene rings is 1.